The van der Waals surface area contributed by atoms with Gasteiger partial charge in [0.2, 0.25) is 0 Å². The van der Waals surface area contributed by atoms with Gasteiger partial charge in [-0.3, -0.25) is 0 Å². The van der Waals surface area contributed by atoms with E-state index in [1.807, 2.05) is 6.07 Å². The summed E-state index contributed by atoms with van der Waals surface area (Å²) >= 11 is 0. The van der Waals surface area contributed by atoms with E-state index in [1.54, 1.807) is 6.07 Å². The number of fused-ring (bicyclic) bond motifs is 1. The van der Waals surface area contributed by atoms with Gasteiger partial charge >= 0.3 is 0 Å². The minimum absolute atomic E-state index is 0.0858. The predicted octanol–water partition coefficient (Wildman–Crippen LogP) is 4.00. The third-order valence-corrected chi connectivity index (χ3v) is 3.86. The van der Waals surface area contributed by atoms with Crippen LogP contribution in [0.2, 0.25) is 0 Å². The molecule has 0 aromatic heterocycles. The average Bonchev–Trinajstić information content (AvgIpc) is 2.48. The second-order valence-corrected chi connectivity index (χ2v) is 5.23. The van der Waals surface area contributed by atoms with E-state index >= 15 is 0 Å². The van der Waals surface area contributed by atoms with Gasteiger partial charge < -0.3 is 10.5 Å². The number of hydrogen-bond donors (Lipinski definition) is 1. The maximum absolute atomic E-state index is 13.2. The van der Waals surface area contributed by atoms with Gasteiger partial charge in [0, 0.05) is 11.3 Å². The van der Waals surface area contributed by atoms with Crippen LogP contribution < -0.4 is 5.73 Å². The molecule has 0 saturated carbocycles. The lowest BCUT2D eigenvalue weighted by molar-refractivity contribution is 0.0284. The van der Waals surface area contributed by atoms with E-state index in [2.05, 4.69) is 18.2 Å². The lowest BCUT2D eigenvalue weighted by Crippen LogP contribution is -2.13. The van der Waals surface area contributed by atoms with Crippen LogP contribution in [0.5, 0.6) is 0 Å². The summed E-state index contributed by atoms with van der Waals surface area (Å²) in [6.07, 6.45) is 3.33. The first-order valence-corrected chi connectivity index (χ1v) is 6.97. The molecular formula is C17H18FNO. The summed E-state index contributed by atoms with van der Waals surface area (Å²) in [6.45, 7) is 0.350. The first-order valence-electron chi connectivity index (χ1n) is 6.97. The van der Waals surface area contributed by atoms with Crippen molar-refractivity contribution in [2.24, 2.45) is 0 Å². The van der Waals surface area contributed by atoms with E-state index in [1.165, 1.54) is 23.3 Å². The zero-order valence-corrected chi connectivity index (χ0v) is 11.3. The number of rotatable bonds is 3. The van der Waals surface area contributed by atoms with Crippen LogP contribution in [0, 0.1) is 5.82 Å². The van der Waals surface area contributed by atoms with Crippen LogP contribution in [-0.2, 0) is 17.8 Å². The van der Waals surface area contributed by atoms with Gasteiger partial charge in [-0.15, -0.1) is 0 Å². The summed E-state index contributed by atoms with van der Waals surface area (Å²) < 4.78 is 19.2. The molecule has 0 heterocycles. The van der Waals surface area contributed by atoms with Crippen LogP contribution in [0.3, 0.4) is 0 Å². The summed E-state index contributed by atoms with van der Waals surface area (Å²) in [7, 11) is 0. The largest absolute Gasteiger partial charge is 0.398 e. The van der Waals surface area contributed by atoms with Crippen LogP contribution in [0.25, 0.3) is 0 Å². The molecule has 0 saturated heterocycles. The van der Waals surface area contributed by atoms with E-state index in [0.717, 1.165) is 19.3 Å². The molecule has 0 amide bonds. The molecule has 2 aromatic carbocycles. The molecule has 1 aliphatic rings. The van der Waals surface area contributed by atoms with E-state index < -0.39 is 0 Å². The highest BCUT2D eigenvalue weighted by atomic mass is 19.1. The Bertz CT molecular complexity index is 612. The molecule has 20 heavy (non-hydrogen) atoms. The topological polar surface area (TPSA) is 35.2 Å². The van der Waals surface area contributed by atoms with Crippen LogP contribution in [0.4, 0.5) is 10.1 Å². The van der Waals surface area contributed by atoms with Crippen molar-refractivity contribution in [1.82, 2.24) is 0 Å². The fraction of sp³-hybridized carbons (Fsp3) is 0.294. The van der Waals surface area contributed by atoms with Crippen molar-refractivity contribution in [3.63, 3.8) is 0 Å². The Morgan fingerprint density at radius 3 is 2.95 bits per heavy atom. The van der Waals surface area contributed by atoms with Crippen LogP contribution in [0.1, 0.15) is 35.6 Å². The van der Waals surface area contributed by atoms with Gasteiger partial charge in [-0.2, -0.15) is 0 Å². The van der Waals surface area contributed by atoms with Crippen LogP contribution in [-0.4, -0.2) is 0 Å². The van der Waals surface area contributed by atoms with Crippen molar-refractivity contribution in [2.45, 2.75) is 32.0 Å². The summed E-state index contributed by atoms with van der Waals surface area (Å²) in [4.78, 5) is 0. The normalized spacial score (nSPS) is 17.8. The van der Waals surface area contributed by atoms with Gasteiger partial charge in [-0.25, -0.2) is 4.39 Å². The Hall–Kier alpha value is -1.87. The molecule has 0 radical (unpaired) electrons. The maximum atomic E-state index is 13.2. The van der Waals surface area contributed by atoms with Gasteiger partial charge in [0.1, 0.15) is 5.82 Å². The van der Waals surface area contributed by atoms with E-state index in [9.17, 15) is 4.39 Å². The van der Waals surface area contributed by atoms with Crippen molar-refractivity contribution in [3.8, 4) is 0 Å². The molecule has 3 rings (SSSR count). The Morgan fingerprint density at radius 1 is 1.20 bits per heavy atom. The molecule has 1 atom stereocenters. The molecule has 1 unspecified atom stereocenters. The molecular weight excluding hydrogens is 253 g/mol. The van der Waals surface area contributed by atoms with Gasteiger partial charge in [0.05, 0.1) is 12.7 Å². The van der Waals surface area contributed by atoms with Crippen LogP contribution >= 0.6 is 0 Å². The molecule has 2 N–H and O–H groups in total. The molecule has 104 valence electrons. The van der Waals surface area contributed by atoms with Gasteiger partial charge in [0.25, 0.3) is 0 Å². The SMILES string of the molecule is Nc1ccc(F)cc1COC1CCCc2ccccc21. The zero-order chi connectivity index (χ0) is 13.9. The third kappa shape index (κ3) is 2.68. The zero-order valence-electron chi connectivity index (χ0n) is 11.3. The maximum Gasteiger partial charge on any atom is 0.123 e. The van der Waals surface area contributed by atoms with Crippen molar-refractivity contribution in [1.29, 1.82) is 0 Å². The smallest absolute Gasteiger partial charge is 0.123 e. The number of anilines is 1. The fourth-order valence-electron chi connectivity index (χ4n) is 2.77. The van der Waals surface area contributed by atoms with Crippen LogP contribution in [0.15, 0.2) is 42.5 Å². The second kappa shape index (κ2) is 5.63. The Morgan fingerprint density at radius 2 is 2.05 bits per heavy atom. The van der Waals surface area contributed by atoms with Crippen molar-refractivity contribution in [3.05, 3.63) is 65.0 Å². The monoisotopic (exact) mass is 271 g/mol. The third-order valence-electron chi connectivity index (χ3n) is 3.86. The molecule has 3 heteroatoms. The molecule has 0 aliphatic heterocycles. The first-order chi connectivity index (χ1) is 9.74. The van der Waals surface area contributed by atoms with Crippen molar-refractivity contribution >= 4 is 5.69 Å². The Labute approximate surface area is 118 Å². The summed E-state index contributed by atoms with van der Waals surface area (Å²) in [5.41, 5.74) is 9.76. The summed E-state index contributed by atoms with van der Waals surface area (Å²) in [5.74, 6) is -0.276. The lowest BCUT2D eigenvalue weighted by atomic mass is 9.89. The van der Waals surface area contributed by atoms with E-state index in [4.69, 9.17) is 10.5 Å². The fourth-order valence-corrected chi connectivity index (χ4v) is 2.77. The number of halogens is 1. The molecule has 2 nitrogen and oxygen atoms in total. The first kappa shape index (κ1) is 13.1. The number of nitrogens with two attached hydrogens (primary N) is 1. The quantitative estimate of drug-likeness (QED) is 0.856. The summed E-state index contributed by atoms with van der Waals surface area (Å²) in [5, 5.41) is 0. The van der Waals surface area contributed by atoms with E-state index in [-0.39, 0.29) is 11.9 Å². The molecule has 0 bridgehead atoms. The second-order valence-electron chi connectivity index (χ2n) is 5.23. The van der Waals surface area contributed by atoms with E-state index in [0.29, 0.717) is 17.9 Å². The van der Waals surface area contributed by atoms with Gasteiger partial charge in [-0.05, 0) is 48.6 Å². The molecule has 0 fully saturated rings. The highest BCUT2D eigenvalue weighted by Gasteiger charge is 2.20. The highest BCUT2D eigenvalue weighted by Crippen LogP contribution is 2.33. The number of benzene rings is 2. The van der Waals surface area contributed by atoms with Crippen molar-refractivity contribution < 1.29 is 9.13 Å². The standard InChI is InChI=1S/C17H18FNO/c18-14-8-9-16(19)13(10-14)11-20-17-7-3-5-12-4-1-2-6-15(12)17/h1-2,4,6,8-10,17H,3,5,7,11,19H2. The van der Waals surface area contributed by atoms with Gasteiger partial charge in [-0.1, -0.05) is 24.3 Å². The Balaban J connectivity index is 1.75. The molecule has 0 spiro atoms. The number of nitrogen functional groups attached to an aromatic ring is 1. The Kier molecular flexibility index (Phi) is 3.70. The average molecular weight is 271 g/mol. The molecule has 2 aromatic rings. The number of aryl methyl sites for hydroxylation is 1. The lowest BCUT2D eigenvalue weighted by Gasteiger charge is -2.25. The molecule has 1 aliphatic carbocycles. The highest BCUT2D eigenvalue weighted by molar-refractivity contribution is 5.46. The minimum atomic E-state index is -0.276. The number of ether oxygens (including phenoxy) is 1. The predicted molar refractivity (Wildman–Crippen MR) is 77.7 cm³/mol. The van der Waals surface area contributed by atoms with Crippen molar-refractivity contribution in [2.75, 3.05) is 5.73 Å². The summed E-state index contributed by atoms with van der Waals surface area (Å²) in [6, 6.07) is 12.8. The number of hydrogen-bond acceptors (Lipinski definition) is 2. The minimum Gasteiger partial charge on any atom is -0.398 e. The van der Waals surface area contributed by atoms with Gasteiger partial charge in [0.15, 0.2) is 0 Å².